The largest absolute Gasteiger partial charge is 0.493 e. The minimum atomic E-state index is 0.480. The Morgan fingerprint density at radius 1 is 1.14 bits per heavy atom. The summed E-state index contributed by atoms with van der Waals surface area (Å²) in [6, 6.07) is 12.1. The van der Waals surface area contributed by atoms with Crippen molar-refractivity contribution < 1.29 is 14.2 Å². The highest BCUT2D eigenvalue weighted by molar-refractivity contribution is 6.31. The molecule has 2 aromatic rings. The molecule has 0 aliphatic carbocycles. The van der Waals surface area contributed by atoms with Gasteiger partial charge in [-0.25, -0.2) is 0 Å². The normalized spacial score (nSPS) is 14.7. The number of benzene rings is 2. The molecule has 0 atom stereocenters. The SMILES string of the molecule is COc1cc(CNCCCN2CCOCC2)c(Cl)cc1OCc1cccc(C)c1. The van der Waals surface area contributed by atoms with Crippen molar-refractivity contribution in [3.05, 3.63) is 58.1 Å². The summed E-state index contributed by atoms with van der Waals surface area (Å²) in [4.78, 5) is 2.45. The Bertz CT molecular complexity index is 779. The minimum Gasteiger partial charge on any atom is -0.493 e. The van der Waals surface area contributed by atoms with Gasteiger partial charge in [0.25, 0.3) is 0 Å². The van der Waals surface area contributed by atoms with Crippen molar-refractivity contribution in [1.82, 2.24) is 10.2 Å². The van der Waals surface area contributed by atoms with Crippen LogP contribution in [0, 0.1) is 6.92 Å². The Hall–Kier alpha value is -1.79. The Labute approximate surface area is 178 Å². The van der Waals surface area contributed by atoms with Gasteiger partial charge in [-0.3, -0.25) is 4.90 Å². The smallest absolute Gasteiger partial charge is 0.163 e. The second kappa shape index (κ2) is 11.4. The van der Waals surface area contributed by atoms with E-state index in [1.54, 1.807) is 7.11 Å². The number of morpholine rings is 1. The van der Waals surface area contributed by atoms with E-state index in [2.05, 4.69) is 35.3 Å². The van der Waals surface area contributed by atoms with Gasteiger partial charge in [0.1, 0.15) is 6.61 Å². The van der Waals surface area contributed by atoms with Crippen LogP contribution < -0.4 is 14.8 Å². The molecule has 1 fully saturated rings. The van der Waals surface area contributed by atoms with Gasteiger partial charge in [0.15, 0.2) is 11.5 Å². The van der Waals surface area contributed by atoms with Gasteiger partial charge < -0.3 is 19.5 Å². The van der Waals surface area contributed by atoms with Crippen LogP contribution in [0.3, 0.4) is 0 Å². The molecule has 29 heavy (non-hydrogen) atoms. The first kappa shape index (κ1) is 21.9. The molecule has 0 unspecified atom stereocenters. The lowest BCUT2D eigenvalue weighted by Gasteiger charge is -2.26. The zero-order valence-electron chi connectivity index (χ0n) is 17.4. The fourth-order valence-corrected chi connectivity index (χ4v) is 3.64. The molecule has 0 amide bonds. The molecule has 1 aliphatic heterocycles. The molecule has 1 aliphatic rings. The van der Waals surface area contributed by atoms with Crippen LogP contribution in [0.1, 0.15) is 23.1 Å². The fourth-order valence-electron chi connectivity index (χ4n) is 3.42. The van der Waals surface area contributed by atoms with Crippen LogP contribution >= 0.6 is 11.6 Å². The van der Waals surface area contributed by atoms with Crippen LogP contribution in [0.4, 0.5) is 0 Å². The number of hydrogen-bond donors (Lipinski definition) is 1. The maximum absolute atomic E-state index is 6.50. The van der Waals surface area contributed by atoms with E-state index in [0.29, 0.717) is 29.7 Å². The standard InChI is InChI=1S/C23H31ClN2O3/c1-18-5-3-6-19(13-18)17-29-23-15-21(24)20(14-22(23)27-2)16-25-7-4-8-26-9-11-28-12-10-26/h3,5-6,13-15,25H,4,7-12,16-17H2,1-2H3. The van der Waals surface area contributed by atoms with Crippen molar-refractivity contribution in [2.24, 2.45) is 0 Å². The van der Waals surface area contributed by atoms with Crippen LogP contribution in [0.2, 0.25) is 5.02 Å². The number of methoxy groups -OCH3 is 1. The number of nitrogens with one attached hydrogen (secondary N) is 1. The highest BCUT2D eigenvalue weighted by Gasteiger charge is 2.12. The molecule has 0 radical (unpaired) electrons. The van der Waals surface area contributed by atoms with E-state index in [-0.39, 0.29) is 0 Å². The summed E-state index contributed by atoms with van der Waals surface area (Å²) in [6.45, 7) is 9.07. The average Bonchev–Trinajstić information content (AvgIpc) is 2.74. The van der Waals surface area contributed by atoms with E-state index >= 15 is 0 Å². The van der Waals surface area contributed by atoms with Crippen LogP contribution in [-0.2, 0) is 17.9 Å². The Morgan fingerprint density at radius 3 is 2.72 bits per heavy atom. The summed E-state index contributed by atoms with van der Waals surface area (Å²) < 4.78 is 16.9. The summed E-state index contributed by atoms with van der Waals surface area (Å²) >= 11 is 6.50. The van der Waals surface area contributed by atoms with E-state index in [1.807, 2.05) is 18.2 Å². The van der Waals surface area contributed by atoms with E-state index in [1.165, 1.54) is 5.56 Å². The summed E-state index contributed by atoms with van der Waals surface area (Å²) in [5, 5.41) is 4.16. The van der Waals surface area contributed by atoms with Crippen molar-refractivity contribution in [2.75, 3.05) is 46.5 Å². The molecule has 0 bridgehead atoms. The molecule has 5 nitrogen and oxygen atoms in total. The molecule has 1 saturated heterocycles. The predicted molar refractivity (Wildman–Crippen MR) is 117 cm³/mol. The number of nitrogens with zero attached hydrogens (tertiary/aromatic N) is 1. The van der Waals surface area contributed by atoms with Crippen molar-refractivity contribution in [3.63, 3.8) is 0 Å². The minimum absolute atomic E-state index is 0.480. The molecule has 2 aromatic carbocycles. The molecule has 158 valence electrons. The Morgan fingerprint density at radius 2 is 1.97 bits per heavy atom. The molecular weight excluding hydrogens is 388 g/mol. The van der Waals surface area contributed by atoms with Crippen LogP contribution in [-0.4, -0.2) is 51.4 Å². The summed E-state index contributed by atoms with van der Waals surface area (Å²) in [5.41, 5.74) is 3.35. The molecule has 3 rings (SSSR count). The maximum Gasteiger partial charge on any atom is 0.163 e. The van der Waals surface area contributed by atoms with Gasteiger partial charge in [0.2, 0.25) is 0 Å². The third-order valence-electron chi connectivity index (χ3n) is 5.06. The summed E-state index contributed by atoms with van der Waals surface area (Å²) in [7, 11) is 1.66. The first-order chi connectivity index (χ1) is 14.2. The summed E-state index contributed by atoms with van der Waals surface area (Å²) in [6.07, 6.45) is 1.10. The molecule has 6 heteroatoms. The monoisotopic (exact) mass is 418 g/mol. The predicted octanol–water partition coefficient (Wildman–Crippen LogP) is 4.05. The second-order valence-electron chi connectivity index (χ2n) is 7.36. The van der Waals surface area contributed by atoms with E-state index < -0.39 is 0 Å². The molecule has 0 spiro atoms. The molecule has 1 heterocycles. The molecule has 0 aromatic heterocycles. The molecular formula is C23H31ClN2O3. The van der Waals surface area contributed by atoms with Gasteiger partial charge in [-0.15, -0.1) is 0 Å². The Kier molecular flexibility index (Phi) is 8.62. The molecule has 0 saturated carbocycles. The third kappa shape index (κ3) is 6.89. The number of hydrogen-bond acceptors (Lipinski definition) is 5. The topological polar surface area (TPSA) is 43.0 Å². The van der Waals surface area contributed by atoms with Gasteiger partial charge in [-0.1, -0.05) is 41.4 Å². The highest BCUT2D eigenvalue weighted by atomic mass is 35.5. The van der Waals surface area contributed by atoms with Gasteiger partial charge in [0, 0.05) is 30.7 Å². The lowest BCUT2D eigenvalue weighted by Crippen LogP contribution is -2.37. The molecule has 1 N–H and O–H groups in total. The number of aryl methyl sites for hydroxylation is 1. The van der Waals surface area contributed by atoms with Gasteiger partial charge >= 0.3 is 0 Å². The van der Waals surface area contributed by atoms with Crippen molar-refractivity contribution in [1.29, 1.82) is 0 Å². The lowest BCUT2D eigenvalue weighted by atomic mass is 10.1. The zero-order chi connectivity index (χ0) is 20.5. The zero-order valence-corrected chi connectivity index (χ0v) is 18.1. The average molecular weight is 419 g/mol. The maximum atomic E-state index is 6.50. The first-order valence-corrected chi connectivity index (χ1v) is 10.6. The van der Waals surface area contributed by atoms with E-state index in [0.717, 1.165) is 56.9 Å². The van der Waals surface area contributed by atoms with Crippen LogP contribution in [0.15, 0.2) is 36.4 Å². The van der Waals surface area contributed by atoms with Crippen LogP contribution in [0.5, 0.6) is 11.5 Å². The van der Waals surface area contributed by atoms with E-state index in [9.17, 15) is 0 Å². The van der Waals surface area contributed by atoms with Crippen molar-refractivity contribution >= 4 is 11.6 Å². The highest BCUT2D eigenvalue weighted by Crippen LogP contribution is 2.34. The van der Waals surface area contributed by atoms with E-state index in [4.69, 9.17) is 25.8 Å². The van der Waals surface area contributed by atoms with Crippen molar-refractivity contribution in [2.45, 2.75) is 26.5 Å². The third-order valence-corrected chi connectivity index (χ3v) is 5.41. The van der Waals surface area contributed by atoms with Crippen LogP contribution in [0.25, 0.3) is 0 Å². The second-order valence-corrected chi connectivity index (χ2v) is 7.76. The Balaban J connectivity index is 1.49. The number of halogens is 1. The lowest BCUT2D eigenvalue weighted by molar-refractivity contribution is 0.0374. The van der Waals surface area contributed by atoms with Gasteiger partial charge in [0.05, 0.1) is 20.3 Å². The fraction of sp³-hybridized carbons (Fsp3) is 0.478. The van der Waals surface area contributed by atoms with Crippen molar-refractivity contribution in [3.8, 4) is 11.5 Å². The van der Waals surface area contributed by atoms with Gasteiger partial charge in [-0.05, 0) is 43.6 Å². The number of ether oxygens (including phenoxy) is 3. The summed E-state index contributed by atoms with van der Waals surface area (Å²) in [5.74, 6) is 1.36. The quantitative estimate of drug-likeness (QED) is 0.589. The first-order valence-electron chi connectivity index (χ1n) is 10.2. The van der Waals surface area contributed by atoms with Gasteiger partial charge in [-0.2, -0.15) is 0 Å². The number of rotatable bonds is 10.